The molecule has 3 rings (SSSR count). The van der Waals surface area contributed by atoms with E-state index in [9.17, 15) is 4.79 Å². The van der Waals surface area contributed by atoms with E-state index >= 15 is 0 Å². The molecule has 96 valence electrons. The minimum atomic E-state index is 0.272. The van der Waals surface area contributed by atoms with Crippen molar-refractivity contribution in [3.05, 3.63) is 34.3 Å². The molecule has 18 heavy (non-hydrogen) atoms. The fourth-order valence-electron chi connectivity index (χ4n) is 3.04. The Balaban J connectivity index is 1.66. The molecule has 3 nitrogen and oxygen atoms in total. The Bertz CT molecular complexity index is 446. The SMILES string of the molecule is O=C(Cc1ccc(Br)cc1)N1CC[C@H]2CNC[C@H]21. The minimum Gasteiger partial charge on any atom is -0.338 e. The molecule has 1 aromatic rings. The minimum absolute atomic E-state index is 0.272. The number of carbonyl (C=O) groups excluding carboxylic acids is 1. The van der Waals surface area contributed by atoms with E-state index in [1.807, 2.05) is 24.3 Å². The zero-order valence-corrected chi connectivity index (χ0v) is 11.8. The van der Waals surface area contributed by atoms with Gasteiger partial charge >= 0.3 is 0 Å². The van der Waals surface area contributed by atoms with E-state index in [2.05, 4.69) is 26.1 Å². The summed E-state index contributed by atoms with van der Waals surface area (Å²) in [5.74, 6) is 0.951. The molecule has 0 radical (unpaired) electrons. The first-order valence-electron chi connectivity index (χ1n) is 6.48. The van der Waals surface area contributed by atoms with Gasteiger partial charge in [-0.25, -0.2) is 0 Å². The second kappa shape index (κ2) is 5.02. The number of benzene rings is 1. The van der Waals surface area contributed by atoms with E-state index in [4.69, 9.17) is 0 Å². The highest BCUT2D eigenvalue weighted by molar-refractivity contribution is 9.10. The van der Waals surface area contributed by atoms with Crippen LogP contribution in [-0.2, 0) is 11.2 Å². The summed E-state index contributed by atoms with van der Waals surface area (Å²) in [7, 11) is 0. The van der Waals surface area contributed by atoms with Crippen molar-refractivity contribution in [2.45, 2.75) is 18.9 Å². The van der Waals surface area contributed by atoms with Gasteiger partial charge in [-0.2, -0.15) is 0 Å². The van der Waals surface area contributed by atoms with Crippen molar-refractivity contribution < 1.29 is 4.79 Å². The van der Waals surface area contributed by atoms with Crippen LogP contribution < -0.4 is 5.32 Å². The van der Waals surface area contributed by atoms with Crippen molar-refractivity contribution in [1.29, 1.82) is 0 Å². The molecule has 1 aromatic carbocycles. The summed E-state index contributed by atoms with van der Waals surface area (Å²) < 4.78 is 1.06. The average molecular weight is 309 g/mol. The number of halogens is 1. The zero-order valence-electron chi connectivity index (χ0n) is 10.2. The number of carbonyl (C=O) groups is 1. The first-order chi connectivity index (χ1) is 8.74. The number of nitrogens with zero attached hydrogens (tertiary/aromatic N) is 1. The van der Waals surface area contributed by atoms with Crippen LogP contribution in [0.3, 0.4) is 0 Å². The number of fused-ring (bicyclic) bond motifs is 1. The van der Waals surface area contributed by atoms with Crippen LogP contribution in [0.4, 0.5) is 0 Å². The third-order valence-electron chi connectivity index (χ3n) is 4.03. The first kappa shape index (κ1) is 12.2. The van der Waals surface area contributed by atoms with E-state index < -0.39 is 0 Å². The highest BCUT2D eigenvalue weighted by Crippen LogP contribution is 2.27. The summed E-state index contributed by atoms with van der Waals surface area (Å²) in [4.78, 5) is 14.4. The first-order valence-corrected chi connectivity index (χ1v) is 7.28. The van der Waals surface area contributed by atoms with Crippen molar-refractivity contribution in [3.8, 4) is 0 Å². The lowest BCUT2D eigenvalue weighted by molar-refractivity contribution is -0.131. The number of hydrogen-bond donors (Lipinski definition) is 1. The van der Waals surface area contributed by atoms with Crippen molar-refractivity contribution in [2.24, 2.45) is 5.92 Å². The summed E-state index contributed by atoms with van der Waals surface area (Å²) in [6.45, 7) is 2.98. The Kier molecular flexibility index (Phi) is 3.39. The van der Waals surface area contributed by atoms with Gasteiger partial charge in [-0.1, -0.05) is 28.1 Å². The molecule has 0 saturated carbocycles. The molecule has 2 aliphatic heterocycles. The van der Waals surface area contributed by atoms with Crippen LogP contribution in [-0.4, -0.2) is 36.5 Å². The van der Waals surface area contributed by atoms with Crippen LogP contribution in [0, 0.1) is 5.92 Å². The van der Waals surface area contributed by atoms with E-state index in [0.717, 1.165) is 36.1 Å². The van der Waals surface area contributed by atoms with Crippen LogP contribution in [0.5, 0.6) is 0 Å². The maximum absolute atomic E-state index is 12.3. The van der Waals surface area contributed by atoms with Crippen LogP contribution in [0.1, 0.15) is 12.0 Å². The molecule has 2 fully saturated rings. The topological polar surface area (TPSA) is 32.3 Å². The summed E-state index contributed by atoms with van der Waals surface area (Å²) in [6, 6.07) is 8.46. The maximum Gasteiger partial charge on any atom is 0.227 e. The second-order valence-electron chi connectivity index (χ2n) is 5.16. The third-order valence-corrected chi connectivity index (χ3v) is 4.56. The normalized spacial score (nSPS) is 26.4. The van der Waals surface area contributed by atoms with E-state index in [0.29, 0.717) is 18.4 Å². The summed E-state index contributed by atoms with van der Waals surface area (Å²) in [5, 5.41) is 3.38. The van der Waals surface area contributed by atoms with E-state index in [1.54, 1.807) is 0 Å². The lowest BCUT2D eigenvalue weighted by atomic mass is 10.0. The summed E-state index contributed by atoms with van der Waals surface area (Å²) >= 11 is 3.41. The van der Waals surface area contributed by atoms with Gasteiger partial charge in [-0.15, -0.1) is 0 Å². The van der Waals surface area contributed by atoms with Gasteiger partial charge in [-0.3, -0.25) is 4.79 Å². The Labute approximate surface area is 116 Å². The molecule has 1 N–H and O–H groups in total. The molecule has 0 unspecified atom stereocenters. The van der Waals surface area contributed by atoms with Crippen LogP contribution in [0.15, 0.2) is 28.7 Å². The molecule has 0 bridgehead atoms. The van der Waals surface area contributed by atoms with Crippen LogP contribution in [0.2, 0.25) is 0 Å². The fourth-order valence-corrected chi connectivity index (χ4v) is 3.30. The number of amides is 1. The van der Waals surface area contributed by atoms with Crippen molar-refractivity contribution in [1.82, 2.24) is 10.2 Å². The standard InChI is InChI=1S/C14H17BrN2O/c15-12-3-1-10(2-4-12)7-14(18)17-6-5-11-8-16-9-13(11)17/h1-4,11,13,16H,5-9H2/t11-,13+/m0/s1. The second-order valence-corrected chi connectivity index (χ2v) is 6.08. The van der Waals surface area contributed by atoms with E-state index in [-0.39, 0.29) is 5.91 Å². The van der Waals surface area contributed by atoms with Gasteiger partial charge in [-0.05, 0) is 30.0 Å². The predicted octanol–water partition coefficient (Wildman–Crippen LogP) is 1.81. The van der Waals surface area contributed by atoms with Gasteiger partial charge < -0.3 is 10.2 Å². The molecule has 0 spiro atoms. The molecular weight excluding hydrogens is 292 g/mol. The molecule has 2 atom stereocenters. The largest absolute Gasteiger partial charge is 0.338 e. The monoisotopic (exact) mass is 308 g/mol. The van der Waals surface area contributed by atoms with Gasteiger partial charge in [0.15, 0.2) is 0 Å². The molecule has 0 aromatic heterocycles. The Morgan fingerprint density at radius 2 is 2.11 bits per heavy atom. The quantitative estimate of drug-likeness (QED) is 0.904. The highest BCUT2D eigenvalue weighted by Gasteiger charge is 2.39. The lowest BCUT2D eigenvalue weighted by Gasteiger charge is -2.23. The predicted molar refractivity (Wildman–Crippen MR) is 74.3 cm³/mol. The molecule has 0 aliphatic carbocycles. The average Bonchev–Trinajstić information content (AvgIpc) is 2.93. The molecule has 4 heteroatoms. The number of rotatable bonds is 2. The Morgan fingerprint density at radius 1 is 1.33 bits per heavy atom. The fraction of sp³-hybridized carbons (Fsp3) is 0.500. The van der Waals surface area contributed by atoms with Gasteiger partial charge in [0, 0.05) is 30.1 Å². The molecular formula is C14H17BrN2O. The van der Waals surface area contributed by atoms with Gasteiger partial charge in [0.2, 0.25) is 5.91 Å². The van der Waals surface area contributed by atoms with E-state index in [1.165, 1.54) is 0 Å². The van der Waals surface area contributed by atoms with Gasteiger partial charge in [0.1, 0.15) is 0 Å². The maximum atomic E-state index is 12.3. The molecule has 2 heterocycles. The molecule has 2 saturated heterocycles. The van der Waals surface area contributed by atoms with Crippen molar-refractivity contribution in [3.63, 3.8) is 0 Å². The smallest absolute Gasteiger partial charge is 0.227 e. The zero-order chi connectivity index (χ0) is 12.5. The van der Waals surface area contributed by atoms with Gasteiger partial charge in [0.05, 0.1) is 6.42 Å². The lowest BCUT2D eigenvalue weighted by Crippen LogP contribution is -2.39. The van der Waals surface area contributed by atoms with Gasteiger partial charge in [0.25, 0.3) is 0 Å². The van der Waals surface area contributed by atoms with Crippen LogP contribution >= 0.6 is 15.9 Å². The molecule has 2 aliphatic rings. The van der Waals surface area contributed by atoms with Crippen molar-refractivity contribution in [2.75, 3.05) is 19.6 Å². The number of nitrogens with one attached hydrogen (secondary N) is 1. The summed E-state index contributed by atoms with van der Waals surface area (Å²) in [5.41, 5.74) is 1.10. The Morgan fingerprint density at radius 3 is 2.89 bits per heavy atom. The summed E-state index contributed by atoms with van der Waals surface area (Å²) in [6.07, 6.45) is 1.68. The number of likely N-dealkylation sites (tertiary alicyclic amines) is 1. The van der Waals surface area contributed by atoms with Crippen LogP contribution in [0.25, 0.3) is 0 Å². The Hall–Kier alpha value is -0.870. The number of hydrogen-bond acceptors (Lipinski definition) is 2. The highest BCUT2D eigenvalue weighted by atomic mass is 79.9. The van der Waals surface area contributed by atoms with Crippen molar-refractivity contribution >= 4 is 21.8 Å². The molecule has 1 amide bonds. The third kappa shape index (κ3) is 2.31.